The lowest BCUT2D eigenvalue weighted by atomic mass is 10.2. The van der Waals surface area contributed by atoms with Crippen LogP contribution < -0.4 is 10.2 Å². The standard InChI is InChI=1S/C14H12N2O5/c1-19-14(18)16-15-9-10-4-6-11(7-5-10)21-13(17)12-3-2-8-20-12/h2-9H,1H3,(H,16,18)/b15-9+. The van der Waals surface area contributed by atoms with Crippen molar-refractivity contribution in [3.8, 4) is 5.75 Å². The number of hydrogen-bond acceptors (Lipinski definition) is 6. The minimum absolute atomic E-state index is 0.128. The van der Waals surface area contributed by atoms with Gasteiger partial charge in [-0.25, -0.2) is 15.0 Å². The molecule has 2 aromatic rings. The van der Waals surface area contributed by atoms with E-state index in [-0.39, 0.29) is 5.76 Å². The molecule has 108 valence electrons. The zero-order chi connectivity index (χ0) is 15.1. The van der Waals surface area contributed by atoms with Gasteiger partial charge in [0.1, 0.15) is 5.75 Å². The fourth-order valence-electron chi connectivity index (χ4n) is 1.38. The van der Waals surface area contributed by atoms with Crippen molar-refractivity contribution in [3.05, 3.63) is 54.0 Å². The van der Waals surface area contributed by atoms with Crippen LogP contribution in [-0.2, 0) is 4.74 Å². The van der Waals surface area contributed by atoms with Crippen LogP contribution in [0.3, 0.4) is 0 Å². The lowest BCUT2D eigenvalue weighted by molar-refractivity contribution is 0.0701. The summed E-state index contributed by atoms with van der Waals surface area (Å²) >= 11 is 0. The number of methoxy groups -OCH3 is 1. The second-order valence-corrected chi connectivity index (χ2v) is 3.80. The van der Waals surface area contributed by atoms with E-state index >= 15 is 0 Å². The van der Waals surface area contributed by atoms with Crippen molar-refractivity contribution in [3.63, 3.8) is 0 Å². The van der Waals surface area contributed by atoms with Gasteiger partial charge in [0.2, 0.25) is 5.76 Å². The van der Waals surface area contributed by atoms with Crippen LogP contribution in [0, 0.1) is 0 Å². The number of rotatable bonds is 4. The number of ether oxygens (including phenoxy) is 2. The summed E-state index contributed by atoms with van der Waals surface area (Å²) < 4.78 is 14.4. The van der Waals surface area contributed by atoms with Crippen LogP contribution in [0.4, 0.5) is 4.79 Å². The number of furan rings is 1. The van der Waals surface area contributed by atoms with Crippen LogP contribution in [0.1, 0.15) is 16.1 Å². The molecule has 0 saturated carbocycles. The summed E-state index contributed by atoms with van der Waals surface area (Å²) in [7, 11) is 1.24. The Balaban J connectivity index is 1.93. The highest BCUT2D eigenvalue weighted by Crippen LogP contribution is 2.13. The van der Waals surface area contributed by atoms with Crippen molar-refractivity contribution in [2.24, 2.45) is 5.10 Å². The molecule has 0 radical (unpaired) electrons. The number of carbonyl (C=O) groups excluding carboxylic acids is 2. The third-order valence-electron chi connectivity index (χ3n) is 2.37. The van der Waals surface area contributed by atoms with Crippen molar-refractivity contribution >= 4 is 18.3 Å². The molecule has 7 nitrogen and oxygen atoms in total. The SMILES string of the molecule is COC(=O)N/N=C/c1ccc(OC(=O)c2ccco2)cc1. The minimum Gasteiger partial charge on any atom is -0.457 e. The van der Waals surface area contributed by atoms with Crippen molar-refractivity contribution < 1.29 is 23.5 Å². The number of nitrogens with zero attached hydrogens (tertiary/aromatic N) is 1. The molecule has 7 heteroatoms. The first-order valence-electron chi connectivity index (χ1n) is 5.92. The quantitative estimate of drug-likeness (QED) is 0.403. The molecule has 1 amide bonds. The van der Waals surface area contributed by atoms with Crippen molar-refractivity contribution in [1.82, 2.24) is 5.43 Å². The summed E-state index contributed by atoms with van der Waals surface area (Å²) in [6.45, 7) is 0. The number of benzene rings is 1. The summed E-state index contributed by atoms with van der Waals surface area (Å²) in [4.78, 5) is 22.4. The molecule has 1 aromatic carbocycles. The normalized spacial score (nSPS) is 10.3. The molecule has 1 heterocycles. The van der Waals surface area contributed by atoms with Crippen LogP contribution in [0.2, 0.25) is 0 Å². The van der Waals surface area contributed by atoms with Gasteiger partial charge in [-0.05, 0) is 42.0 Å². The predicted octanol–water partition coefficient (Wildman–Crippen LogP) is 2.19. The van der Waals surface area contributed by atoms with E-state index in [1.165, 1.54) is 25.7 Å². The topological polar surface area (TPSA) is 90.1 Å². The van der Waals surface area contributed by atoms with Gasteiger partial charge in [0, 0.05) is 0 Å². The molecular formula is C14H12N2O5. The molecule has 0 aliphatic heterocycles. The lowest BCUT2D eigenvalue weighted by Gasteiger charge is -2.02. The van der Waals surface area contributed by atoms with Gasteiger partial charge in [-0.3, -0.25) is 0 Å². The van der Waals surface area contributed by atoms with Crippen LogP contribution in [0.5, 0.6) is 5.75 Å². The molecule has 0 fully saturated rings. The zero-order valence-electron chi connectivity index (χ0n) is 11.1. The molecule has 0 atom stereocenters. The highest BCUT2D eigenvalue weighted by molar-refractivity contribution is 5.88. The van der Waals surface area contributed by atoms with E-state index in [0.29, 0.717) is 11.3 Å². The molecule has 0 spiro atoms. The Kier molecular flexibility index (Phi) is 4.70. The molecule has 0 aliphatic carbocycles. The highest BCUT2D eigenvalue weighted by Gasteiger charge is 2.10. The smallest absolute Gasteiger partial charge is 0.427 e. The number of esters is 1. The van der Waals surface area contributed by atoms with Gasteiger partial charge in [0.15, 0.2) is 0 Å². The number of nitrogens with one attached hydrogen (secondary N) is 1. The maximum absolute atomic E-state index is 11.6. The van der Waals surface area contributed by atoms with Crippen molar-refractivity contribution in [2.75, 3.05) is 7.11 Å². The molecule has 0 aliphatic rings. The zero-order valence-corrected chi connectivity index (χ0v) is 11.1. The fourth-order valence-corrected chi connectivity index (χ4v) is 1.38. The van der Waals surface area contributed by atoms with Gasteiger partial charge in [-0.15, -0.1) is 0 Å². The van der Waals surface area contributed by atoms with Gasteiger partial charge < -0.3 is 13.9 Å². The molecule has 21 heavy (non-hydrogen) atoms. The minimum atomic E-state index is -0.657. The summed E-state index contributed by atoms with van der Waals surface area (Å²) in [6.07, 6.45) is 2.16. The summed E-state index contributed by atoms with van der Waals surface area (Å²) in [5.41, 5.74) is 2.87. The third kappa shape index (κ3) is 4.20. The van der Waals surface area contributed by atoms with E-state index in [9.17, 15) is 9.59 Å². The first-order valence-corrected chi connectivity index (χ1v) is 5.92. The Morgan fingerprint density at radius 3 is 2.62 bits per heavy atom. The molecule has 2 rings (SSSR count). The summed E-state index contributed by atoms with van der Waals surface area (Å²) in [5, 5.41) is 3.67. The second-order valence-electron chi connectivity index (χ2n) is 3.80. The first-order chi connectivity index (χ1) is 10.2. The van der Waals surface area contributed by atoms with Crippen LogP contribution >= 0.6 is 0 Å². The van der Waals surface area contributed by atoms with Gasteiger partial charge in [0.25, 0.3) is 0 Å². The number of hydrogen-bond donors (Lipinski definition) is 1. The van der Waals surface area contributed by atoms with Crippen molar-refractivity contribution in [1.29, 1.82) is 0 Å². The summed E-state index contributed by atoms with van der Waals surface area (Å²) in [5.74, 6) is -0.0776. The second kappa shape index (κ2) is 6.90. The average Bonchev–Trinajstić information content (AvgIpc) is 3.03. The predicted molar refractivity (Wildman–Crippen MR) is 73.2 cm³/mol. The Bertz CT molecular complexity index is 632. The van der Waals surface area contributed by atoms with E-state index in [1.54, 1.807) is 30.3 Å². The lowest BCUT2D eigenvalue weighted by Crippen LogP contribution is -2.16. The third-order valence-corrected chi connectivity index (χ3v) is 2.37. The number of amides is 1. The molecule has 1 N–H and O–H groups in total. The Morgan fingerprint density at radius 2 is 2.00 bits per heavy atom. The maximum Gasteiger partial charge on any atom is 0.427 e. The number of carbonyl (C=O) groups is 2. The van der Waals surface area contributed by atoms with Gasteiger partial charge in [0.05, 0.1) is 19.6 Å². The van der Waals surface area contributed by atoms with Gasteiger partial charge in [-0.2, -0.15) is 5.10 Å². The largest absolute Gasteiger partial charge is 0.457 e. The summed E-state index contributed by atoms with van der Waals surface area (Å²) in [6, 6.07) is 9.66. The van der Waals surface area contributed by atoms with Crippen LogP contribution in [0.15, 0.2) is 52.2 Å². The van der Waals surface area contributed by atoms with Crippen LogP contribution in [-0.4, -0.2) is 25.4 Å². The average molecular weight is 288 g/mol. The van der Waals surface area contributed by atoms with Crippen LogP contribution in [0.25, 0.3) is 0 Å². The van der Waals surface area contributed by atoms with E-state index < -0.39 is 12.1 Å². The Morgan fingerprint density at radius 1 is 1.24 bits per heavy atom. The number of hydrazone groups is 1. The molecule has 0 unspecified atom stereocenters. The Hall–Kier alpha value is -3.09. The molecule has 0 bridgehead atoms. The van der Waals surface area contributed by atoms with E-state index in [0.717, 1.165) is 0 Å². The first kappa shape index (κ1) is 14.3. The molecular weight excluding hydrogens is 276 g/mol. The monoisotopic (exact) mass is 288 g/mol. The van der Waals surface area contributed by atoms with E-state index in [4.69, 9.17) is 9.15 Å². The molecule has 1 aromatic heterocycles. The maximum atomic E-state index is 11.6. The van der Waals surface area contributed by atoms with E-state index in [2.05, 4.69) is 15.3 Å². The van der Waals surface area contributed by atoms with Gasteiger partial charge >= 0.3 is 12.1 Å². The highest BCUT2D eigenvalue weighted by atomic mass is 16.5. The van der Waals surface area contributed by atoms with E-state index in [1.807, 2.05) is 0 Å². The molecule has 0 saturated heterocycles. The Labute approximate surface area is 120 Å². The fraction of sp³-hybridized carbons (Fsp3) is 0.0714. The van der Waals surface area contributed by atoms with Gasteiger partial charge in [-0.1, -0.05) is 0 Å². The van der Waals surface area contributed by atoms with Crippen molar-refractivity contribution in [2.45, 2.75) is 0 Å².